The van der Waals surface area contributed by atoms with Gasteiger partial charge >= 0.3 is 0 Å². The minimum absolute atomic E-state index is 0.00331. The van der Waals surface area contributed by atoms with Crippen LogP contribution in [0, 0.1) is 30.9 Å². The van der Waals surface area contributed by atoms with Crippen molar-refractivity contribution < 1.29 is 14.5 Å². The zero-order chi connectivity index (χ0) is 24.6. The summed E-state index contributed by atoms with van der Waals surface area (Å²) in [5, 5.41) is 17.3. The number of nitrogens with zero attached hydrogens (tertiary/aromatic N) is 3. The third-order valence-electron chi connectivity index (χ3n) is 5.94. The van der Waals surface area contributed by atoms with Gasteiger partial charge in [-0.05, 0) is 56.3 Å². The number of anilines is 2. The predicted octanol–water partition coefficient (Wildman–Crippen LogP) is 2.76. The van der Waals surface area contributed by atoms with Gasteiger partial charge in [-0.15, -0.1) is 0 Å². The maximum atomic E-state index is 13.6. The molecule has 2 aliphatic heterocycles. The molecule has 176 valence electrons. The van der Waals surface area contributed by atoms with E-state index >= 15 is 0 Å². The summed E-state index contributed by atoms with van der Waals surface area (Å²) in [5.74, 6) is -1.20. The SMILES string of the molecule is Cc1cc(C)c(N2C(=O)/C(=C\c3cc([N+](=O)[O-])ccc3N3CCNCC3)C(=O)NC2=S)c(C)c1. The Balaban J connectivity index is 1.82. The highest BCUT2D eigenvalue weighted by atomic mass is 32.1. The second-order valence-corrected chi connectivity index (χ2v) is 8.83. The van der Waals surface area contributed by atoms with E-state index in [1.807, 2.05) is 32.9 Å². The van der Waals surface area contributed by atoms with Gasteiger partial charge in [-0.25, -0.2) is 0 Å². The van der Waals surface area contributed by atoms with E-state index in [4.69, 9.17) is 12.2 Å². The smallest absolute Gasteiger partial charge is 0.270 e. The molecule has 2 aromatic carbocycles. The number of non-ortho nitro benzene ring substituents is 1. The summed E-state index contributed by atoms with van der Waals surface area (Å²) >= 11 is 5.36. The number of carbonyl (C=O) groups is 2. The first-order valence-corrected chi connectivity index (χ1v) is 11.3. The molecule has 0 atom stereocenters. The van der Waals surface area contributed by atoms with E-state index in [-0.39, 0.29) is 16.4 Å². The van der Waals surface area contributed by atoms with Crippen molar-refractivity contribution in [3.8, 4) is 0 Å². The summed E-state index contributed by atoms with van der Waals surface area (Å²) < 4.78 is 0. The number of nitro groups is 1. The largest absolute Gasteiger partial charge is 0.368 e. The molecule has 34 heavy (non-hydrogen) atoms. The van der Waals surface area contributed by atoms with Gasteiger partial charge in [0.1, 0.15) is 5.57 Å². The van der Waals surface area contributed by atoms with Crippen LogP contribution in [0.25, 0.3) is 6.08 Å². The monoisotopic (exact) mass is 479 g/mol. The lowest BCUT2D eigenvalue weighted by Crippen LogP contribution is -2.54. The second-order valence-electron chi connectivity index (χ2n) is 8.44. The van der Waals surface area contributed by atoms with Crippen LogP contribution in [-0.2, 0) is 9.59 Å². The van der Waals surface area contributed by atoms with Gasteiger partial charge in [0, 0.05) is 49.6 Å². The normalized spacial score (nSPS) is 17.9. The number of rotatable bonds is 4. The first-order chi connectivity index (χ1) is 16.2. The fraction of sp³-hybridized carbons (Fsp3) is 0.292. The third-order valence-corrected chi connectivity index (χ3v) is 6.22. The maximum Gasteiger partial charge on any atom is 0.270 e. The van der Waals surface area contributed by atoms with Gasteiger partial charge in [-0.3, -0.25) is 29.9 Å². The molecular formula is C24H25N5O4S. The Labute approximate surface area is 202 Å². The van der Waals surface area contributed by atoms with Crippen molar-refractivity contribution in [3.63, 3.8) is 0 Å². The number of piperazine rings is 1. The van der Waals surface area contributed by atoms with Crippen molar-refractivity contribution in [3.05, 3.63) is 68.3 Å². The highest BCUT2D eigenvalue weighted by Crippen LogP contribution is 2.32. The first-order valence-electron chi connectivity index (χ1n) is 10.9. The molecular weight excluding hydrogens is 454 g/mol. The highest BCUT2D eigenvalue weighted by molar-refractivity contribution is 7.80. The van der Waals surface area contributed by atoms with E-state index in [0.29, 0.717) is 24.3 Å². The van der Waals surface area contributed by atoms with Crippen molar-refractivity contribution in [2.45, 2.75) is 20.8 Å². The lowest BCUT2D eigenvalue weighted by Gasteiger charge is -2.32. The number of thiocarbonyl (C=S) groups is 1. The van der Waals surface area contributed by atoms with Crippen LogP contribution in [0.15, 0.2) is 35.9 Å². The predicted molar refractivity (Wildman–Crippen MR) is 135 cm³/mol. The minimum Gasteiger partial charge on any atom is -0.368 e. The Kier molecular flexibility index (Phi) is 6.45. The van der Waals surface area contributed by atoms with Crippen LogP contribution in [0.5, 0.6) is 0 Å². The maximum absolute atomic E-state index is 13.6. The molecule has 2 aromatic rings. The highest BCUT2D eigenvalue weighted by Gasteiger charge is 2.36. The van der Waals surface area contributed by atoms with Crippen LogP contribution in [0.4, 0.5) is 17.1 Å². The van der Waals surface area contributed by atoms with E-state index < -0.39 is 16.7 Å². The van der Waals surface area contributed by atoms with Gasteiger partial charge in [-0.1, -0.05) is 17.7 Å². The molecule has 0 radical (unpaired) electrons. The van der Waals surface area contributed by atoms with Crippen LogP contribution >= 0.6 is 12.2 Å². The number of hydrogen-bond donors (Lipinski definition) is 2. The molecule has 0 aliphatic carbocycles. The Morgan fingerprint density at radius 2 is 1.71 bits per heavy atom. The average Bonchev–Trinajstić information content (AvgIpc) is 2.78. The van der Waals surface area contributed by atoms with Gasteiger partial charge in [-0.2, -0.15) is 0 Å². The van der Waals surface area contributed by atoms with E-state index in [0.717, 1.165) is 35.5 Å². The van der Waals surface area contributed by atoms with E-state index in [9.17, 15) is 19.7 Å². The lowest BCUT2D eigenvalue weighted by molar-refractivity contribution is -0.384. The van der Waals surface area contributed by atoms with Crippen molar-refractivity contribution in [1.82, 2.24) is 10.6 Å². The Morgan fingerprint density at radius 1 is 1.06 bits per heavy atom. The molecule has 0 bridgehead atoms. The molecule has 2 heterocycles. The molecule has 0 aromatic heterocycles. The average molecular weight is 480 g/mol. The minimum atomic E-state index is -0.633. The van der Waals surface area contributed by atoms with Gasteiger partial charge in [0.15, 0.2) is 5.11 Å². The van der Waals surface area contributed by atoms with E-state index in [1.54, 1.807) is 6.07 Å². The van der Waals surface area contributed by atoms with Crippen molar-refractivity contribution in [2.24, 2.45) is 0 Å². The summed E-state index contributed by atoms with van der Waals surface area (Å²) in [7, 11) is 0. The van der Waals surface area contributed by atoms with Crippen molar-refractivity contribution in [2.75, 3.05) is 36.0 Å². The first kappa shape index (κ1) is 23.5. The molecule has 2 amide bonds. The van der Waals surface area contributed by atoms with Gasteiger partial charge in [0.05, 0.1) is 10.6 Å². The Bertz CT molecular complexity index is 1230. The molecule has 0 spiro atoms. The van der Waals surface area contributed by atoms with Crippen molar-refractivity contribution >= 4 is 52.3 Å². The van der Waals surface area contributed by atoms with Crippen molar-refractivity contribution in [1.29, 1.82) is 0 Å². The number of nitro benzene ring substituents is 1. The molecule has 4 rings (SSSR count). The molecule has 9 nitrogen and oxygen atoms in total. The summed E-state index contributed by atoms with van der Waals surface area (Å²) in [6.45, 7) is 8.66. The molecule has 2 N–H and O–H groups in total. The fourth-order valence-corrected chi connectivity index (χ4v) is 4.77. The number of nitrogens with one attached hydrogen (secondary N) is 2. The number of benzene rings is 2. The zero-order valence-electron chi connectivity index (χ0n) is 19.2. The Hall–Kier alpha value is -3.63. The molecule has 0 saturated carbocycles. The topological polar surface area (TPSA) is 108 Å². The Morgan fingerprint density at radius 3 is 2.32 bits per heavy atom. The third kappa shape index (κ3) is 4.42. The van der Waals surface area contributed by atoms with Gasteiger partial charge in [0.2, 0.25) is 0 Å². The summed E-state index contributed by atoms with van der Waals surface area (Å²) in [5.41, 5.74) is 4.26. The molecule has 10 heteroatoms. The standard InChI is InChI=1S/C24H25N5O4S/c1-14-10-15(2)21(16(3)11-14)28-23(31)19(22(30)26-24(28)34)13-17-12-18(29(32)33)4-5-20(17)27-8-6-25-7-9-27/h4-5,10-13,25H,6-9H2,1-3H3,(H,26,30,34)/b19-13-. The van der Waals surface area contributed by atoms with Gasteiger partial charge in [0.25, 0.3) is 17.5 Å². The molecule has 2 aliphatic rings. The zero-order valence-corrected chi connectivity index (χ0v) is 20.0. The second kappa shape index (κ2) is 9.32. The summed E-state index contributed by atoms with van der Waals surface area (Å²) in [4.78, 5) is 40.8. The fourth-order valence-electron chi connectivity index (χ4n) is 4.51. The quantitative estimate of drug-likeness (QED) is 0.228. The van der Waals surface area contributed by atoms with Crippen LogP contribution in [0.3, 0.4) is 0 Å². The van der Waals surface area contributed by atoms with Gasteiger partial charge < -0.3 is 10.2 Å². The molecule has 0 unspecified atom stereocenters. The van der Waals surface area contributed by atoms with Crippen LogP contribution in [-0.4, -0.2) is 48.0 Å². The number of aryl methyl sites for hydroxylation is 3. The molecule has 2 saturated heterocycles. The molecule has 2 fully saturated rings. The van der Waals surface area contributed by atoms with Crippen LogP contribution in [0.1, 0.15) is 22.3 Å². The number of hydrogen-bond acceptors (Lipinski definition) is 7. The van der Waals surface area contributed by atoms with E-state index in [1.165, 1.54) is 23.1 Å². The summed E-state index contributed by atoms with van der Waals surface area (Å²) in [6.07, 6.45) is 1.43. The lowest BCUT2D eigenvalue weighted by atomic mass is 10.0. The number of amides is 2. The summed E-state index contributed by atoms with van der Waals surface area (Å²) in [6, 6.07) is 8.38. The van der Waals surface area contributed by atoms with Crippen LogP contribution in [0.2, 0.25) is 0 Å². The number of carbonyl (C=O) groups excluding carboxylic acids is 2. The van der Waals surface area contributed by atoms with Crippen LogP contribution < -0.4 is 20.4 Å². The van der Waals surface area contributed by atoms with E-state index in [2.05, 4.69) is 15.5 Å².